The van der Waals surface area contributed by atoms with Crippen molar-refractivity contribution in [3.63, 3.8) is 0 Å². The second kappa shape index (κ2) is 5.27. The second-order valence-electron chi connectivity index (χ2n) is 3.55. The lowest BCUT2D eigenvalue weighted by Crippen LogP contribution is -1.97. The maximum atomic E-state index is 5.60. The van der Waals surface area contributed by atoms with Crippen molar-refractivity contribution in [2.75, 3.05) is 6.61 Å². The van der Waals surface area contributed by atoms with Crippen LogP contribution in [0.3, 0.4) is 0 Å². The van der Waals surface area contributed by atoms with Crippen molar-refractivity contribution in [1.82, 2.24) is 9.97 Å². The summed E-state index contributed by atoms with van der Waals surface area (Å²) in [5.74, 6) is 1.58. The molecular formula is C13H13BrN2O. The molecule has 3 nitrogen and oxygen atoms in total. The highest BCUT2D eigenvalue weighted by molar-refractivity contribution is 9.10. The highest BCUT2D eigenvalue weighted by Gasteiger charge is 2.08. The summed E-state index contributed by atoms with van der Waals surface area (Å²) >= 11 is 3.38. The quantitative estimate of drug-likeness (QED) is 0.811. The van der Waals surface area contributed by atoms with E-state index < -0.39 is 0 Å². The van der Waals surface area contributed by atoms with Gasteiger partial charge in [0.1, 0.15) is 16.2 Å². The SMILES string of the molecule is CCOc1ccccc1-c1cc(Br)nc(C)n1. The molecule has 0 unspecified atom stereocenters. The van der Waals surface area contributed by atoms with Gasteiger partial charge >= 0.3 is 0 Å². The van der Waals surface area contributed by atoms with Crippen LogP contribution in [-0.2, 0) is 0 Å². The maximum absolute atomic E-state index is 5.60. The summed E-state index contributed by atoms with van der Waals surface area (Å²) in [6.07, 6.45) is 0. The molecule has 0 bridgehead atoms. The topological polar surface area (TPSA) is 35.0 Å². The van der Waals surface area contributed by atoms with E-state index in [4.69, 9.17) is 4.74 Å². The van der Waals surface area contributed by atoms with Gasteiger partial charge in [0.05, 0.1) is 12.3 Å². The number of benzene rings is 1. The Morgan fingerprint density at radius 3 is 2.71 bits per heavy atom. The number of hydrogen-bond acceptors (Lipinski definition) is 3. The van der Waals surface area contributed by atoms with E-state index in [0.29, 0.717) is 6.61 Å². The Morgan fingerprint density at radius 2 is 2.00 bits per heavy atom. The average Bonchev–Trinajstić information content (AvgIpc) is 2.29. The third kappa shape index (κ3) is 2.82. The molecule has 0 amide bonds. The average molecular weight is 293 g/mol. The van der Waals surface area contributed by atoms with Gasteiger partial charge in [-0.2, -0.15) is 0 Å². The maximum Gasteiger partial charge on any atom is 0.128 e. The summed E-state index contributed by atoms with van der Waals surface area (Å²) in [7, 11) is 0. The van der Waals surface area contributed by atoms with E-state index in [-0.39, 0.29) is 0 Å². The van der Waals surface area contributed by atoms with Gasteiger partial charge in [0.15, 0.2) is 0 Å². The van der Waals surface area contributed by atoms with E-state index in [9.17, 15) is 0 Å². The largest absolute Gasteiger partial charge is 0.493 e. The van der Waals surface area contributed by atoms with Gasteiger partial charge in [-0.05, 0) is 48.0 Å². The number of nitrogens with zero attached hydrogens (tertiary/aromatic N) is 2. The monoisotopic (exact) mass is 292 g/mol. The fourth-order valence-corrected chi connectivity index (χ4v) is 2.10. The Balaban J connectivity index is 2.51. The number of rotatable bonds is 3. The Bertz CT molecular complexity index is 508. The highest BCUT2D eigenvalue weighted by Crippen LogP contribution is 2.29. The van der Waals surface area contributed by atoms with Gasteiger partial charge in [-0.3, -0.25) is 0 Å². The van der Waals surface area contributed by atoms with Crippen LogP contribution in [0.2, 0.25) is 0 Å². The van der Waals surface area contributed by atoms with Gasteiger partial charge < -0.3 is 4.74 Å². The molecule has 0 aliphatic carbocycles. The molecule has 4 heteroatoms. The standard InChI is InChI=1S/C13H13BrN2O/c1-3-17-12-7-5-4-6-10(12)11-8-13(14)16-9(2)15-11/h4-8H,3H2,1-2H3. The van der Waals surface area contributed by atoms with Crippen LogP contribution in [-0.4, -0.2) is 16.6 Å². The molecule has 17 heavy (non-hydrogen) atoms. The molecule has 0 N–H and O–H groups in total. The molecule has 0 radical (unpaired) electrons. The van der Waals surface area contributed by atoms with Crippen molar-refractivity contribution in [3.8, 4) is 17.0 Å². The van der Waals surface area contributed by atoms with E-state index >= 15 is 0 Å². The molecule has 2 aromatic rings. The van der Waals surface area contributed by atoms with Crippen molar-refractivity contribution in [2.45, 2.75) is 13.8 Å². The normalized spacial score (nSPS) is 10.3. The van der Waals surface area contributed by atoms with Gasteiger partial charge in [0, 0.05) is 5.56 Å². The second-order valence-corrected chi connectivity index (χ2v) is 4.36. The first-order valence-corrected chi connectivity index (χ1v) is 6.23. The molecule has 0 fully saturated rings. The zero-order chi connectivity index (χ0) is 12.3. The van der Waals surface area contributed by atoms with Crippen LogP contribution in [0.5, 0.6) is 5.75 Å². The minimum absolute atomic E-state index is 0.641. The fraction of sp³-hybridized carbons (Fsp3) is 0.231. The smallest absolute Gasteiger partial charge is 0.128 e. The van der Waals surface area contributed by atoms with Crippen molar-refractivity contribution in [3.05, 3.63) is 40.8 Å². The van der Waals surface area contributed by atoms with Crippen LogP contribution >= 0.6 is 15.9 Å². The molecule has 0 saturated heterocycles. The van der Waals surface area contributed by atoms with Crippen molar-refractivity contribution < 1.29 is 4.74 Å². The lowest BCUT2D eigenvalue weighted by molar-refractivity contribution is 0.341. The lowest BCUT2D eigenvalue weighted by Gasteiger charge is -2.09. The van der Waals surface area contributed by atoms with Gasteiger partial charge in [0.2, 0.25) is 0 Å². The van der Waals surface area contributed by atoms with Crippen LogP contribution in [0, 0.1) is 6.92 Å². The minimum Gasteiger partial charge on any atom is -0.493 e. The number of aryl methyl sites for hydroxylation is 1. The zero-order valence-electron chi connectivity index (χ0n) is 9.77. The Hall–Kier alpha value is -1.42. The Morgan fingerprint density at radius 1 is 1.24 bits per heavy atom. The molecule has 0 spiro atoms. The van der Waals surface area contributed by atoms with Crippen molar-refractivity contribution in [2.24, 2.45) is 0 Å². The minimum atomic E-state index is 0.641. The molecular weight excluding hydrogens is 280 g/mol. The third-order valence-electron chi connectivity index (χ3n) is 2.27. The molecule has 0 atom stereocenters. The fourth-order valence-electron chi connectivity index (χ4n) is 1.63. The molecule has 1 aromatic carbocycles. The van der Waals surface area contributed by atoms with Crippen LogP contribution in [0.15, 0.2) is 34.9 Å². The zero-order valence-corrected chi connectivity index (χ0v) is 11.4. The summed E-state index contributed by atoms with van der Waals surface area (Å²) in [5, 5.41) is 0. The number of ether oxygens (including phenoxy) is 1. The van der Waals surface area contributed by atoms with Crippen molar-refractivity contribution in [1.29, 1.82) is 0 Å². The molecule has 88 valence electrons. The number of para-hydroxylation sites is 1. The Labute approximate surface area is 109 Å². The summed E-state index contributed by atoms with van der Waals surface area (Å²) in [6, 6.07) is 9.77. The van der Waals surface area contributed by atoms with Gasteiger partial charge in [-0.15, -0.1) is 0 Å². The van der Waals surface area contributed by atoms with Crippen LogP contribution in [0.4, 0.5) is 0 Å². The predicted octanol–water partition coefficient (Wildman–Crippen LogP) is 3.61. The number of halogens is 1. The van der Waals surface area contributed by atoms with Crippen LogP contribution in [0.1, 0.15) is 12.7 Å². The molecule has 2 rings (SSSR count). The van der Waals surface area contributed by atoms with Crippen molar-refractivity contribution >= 4 is 15.9 Å². The van der Waals surface area contributed by atoms with E-state index in [2.05, 4.69) is 25.9 Å². The highest BCUT2D eigenvalue weighted by atomic mass is 79.9. The lowest BCUT2D eigenvalue weighted by atomic mass is 10.1. The first-order chi connectivity index (χ1) is 8.20. The molecule has 0 aliphatic rings. The molecule has 0 saturated carbocycles. The molecule has 1 aromatic heterocycles. The summed E-state index contributed by atoms with van der Waals surface area (Å²) in [6.45, 7) is 4.48. The molecule has 1 heterocycles. The summed E-state index contributed by atoms with van der Waals surface area (Å²) < 4.78 is 6.38. The van der Waals surface area contributed by atoms with Crippen LogP contribution in [0.25, 0.3) is 11.3 Å². The van der Waals surface area contributed by atoms with Gasteiger partial charge in [0.25, 0.3) is 0 Å². The van der Waals surface area contributed by atoms with Gasteiger partial charge in [-0.1, -0.05) is 12.1 Å². The first-order valence-electron chi connectivity index (χ1n) is 5.44. The van der Waals surface area contributed by atoms with Gasteiger partial charge in [-0.25, -0.2) is 9.97 Å². The van der Waals surface area contributed by atoms with E-state index in [1.807, 2.05) is 44.2 Å². The first kappa shape index (κ1) is 12.0. The van der Waals surface area contributed by atoms with Crippen LogP contribution < -0.4 is 4.74 Å². The Kier molecular flexibility index (Phi) is 3.74. The van der Waals surface area contributed by atoms with E-state index in [1.54, 1.807) is 0 Å². The number of hydrogen-bond donors (Lipinski definition) is 0. The predicted molar refractivity (Wildman–Crippen MR) is 71.1 cm³/mol. The van der Waals surface area contributed by atoms with E-state index in [0.717, 1.165) is 27.4 Å². The van der Waals surface area contributed by atoms with E-state index in [1.165, 1.54) is 0 Å². The summed E-state index contributed by atoms with van der Waals surface area (Å²) in [5.41, 5.74) is 1.86. The third-order valence-corrected chi connectivity index (χ3v) is 2.68. The summed E-state index contributed by atoms with van der Waals surface area (Å²) in [4.78, 5) is 8.63. The molecule has 0 aliphatic heterocycles. The number of aromatic nitrogens is 2.